The second kappa shape index (κ2) is 6.38. The van der Waals surface area contributed by atoms with Crippen LogP contribution in [0.25, 0.3) is 0 Å². The van der Waals surface area contributed by atoms with Crippen LogP contribution in [-0.2, 0) is 6.54 Å². The Labute approximate surface area is 120 Å². The van der Waals surface area contributed by atoms with Gasteiger partial charge in [-0.25, -0.2) is 0 Å². The lowest BCUT2D eigenvalue weighted by Gasteiger charge is -2.06. The third-order valence-electron chi connectivity index (χ3n) is 2.88. The quantitative estimate of drug-likeness (QED) is 0.281. The molecule has 1 amide bonds. The number of amidine groups is 1. The van der Waals surface area contributed by atoms with Crippen molar-refractivity contribution in [3.63, 3.8) is 0 Å². The maximum atomic E-state index is 11.9. The number of hydrogen-bond acceptors (Lipinski definition) is 4. The van der Waals surface area contributed by atoms with Gasteiger partial charge in [-0.05, 0) is 5.56 Å². The molecule has 2 aromatic rings. The maximum absolute atomic E-state index is 11.9. The second-order valence-electron chi connectivity index (χ2n) is 4.29. The Bertz CT molecular complexity index is 719. The zero-order valence-electron chi connectivity index (χ0n) is 11.0. The third kappa shape index (κ3) is 3.47. The molecule has 2 rings (SSSR count). The van der Waals surface area contributed by atoms with E-state index in [1.54, 1.807) is 24.3 Å². The Hall–Kier alpha value is -3.09. The Balaban J connectivity index is 2.02. The molecule has 0 unspecified atom stereocenters. The van der Waals surface area contributed by atoms with Crippen LogP contribution in [-0.4, -0.2) is 21.9 Å². The molecule has 0 saturated carbocycles. The first-order valence-corrected chi connectivity index (χ1v) is 6.14. The van der Waals surface area contributed by atoms with Crippen molar-refractivity contribution in [3.8, 4) is 0 Å². The van der Waals surface area contributed by atoms with Gasteiger partial charge in [0.25, 0.3) is 5.91 Å². The fourth-order valence-corrected chi connectivity index (χ4v) is 1.72. The van der Waals surface area contributed by atoms with Crippen LogP contribution in [0.4, 0.5) is 0 Å². The van der Waals surface area contributed by atoms with E-state index in [0.29, 0.717) is 5.56 Å². The van der Waals surface area contributed by atoms with E-state index in [0.717, 1.165) is 5.56 Å². The fraction of sp³-hybridized carbons (Fsp3) is 0.0714. The smallest absolute Gasteiger partial charge is 0.257 e. The number of nitrogens with one attached hydrogen (secondary N) is 2. The third-order valence-corrected chi connectivity index (χ3v) is 2.88. The summed E-state index contributed by atoms with van der Waals surface area (Å²) in [6, 6.07) is 8.12. The van der Waals surface area contributed by atoms with Crippen molar-refractivity contribution in [1.29, 1.82) is 0 Å². The Kier molecular flexibility index (Phi) is 4.35. The van der Waals surface area contributed by atoms with E-state index in [4.69, 9.17) is 10.9 Å². The highest BCUT2D eigenvalue weighted by atomic mass is 16.4. The van der Waals surface area contributed by atoms with Gasteiger partial charge < -0.3 is 21.2 Å². The van der Waals surface area contributed by atoms with Gasteiger partial charge in [0, 0.05) is 30.6 Å². The van der Waals surface area contributed by atoms with Crippen molar-refractivity contribution in [1.82, 2.24) is 10.3 Å². The molecule has 5 N–H and O–H groups in total. The van der Waals surface area contributed by atoms with Gasteiger partial charge in [-0.3, -0.25) is 9.59 Å². The van der Waals surface area contributed by atoms with Crippen molar-refractivity contribution < 1.29 is 10.0 Å². The van der Waals surface area contributed by atoms with Crippen LogP contribution in [0.2, 0.25) is 0 Å². The monoisotopic (exact) mass is 286 g/mol. The predicted octanol–water partition coefficient (Wildman–Crippen LogP) is 0.399. The molecule has 0 atom stereocenters. The van der Waals surface area contributed by atoms with Gasteiger partial charge in [0.2, 0.25) is 0 Å². The second-order valence-corrected chi connectivity index (χ2v) is 4.29. The van der Waals surface area contributed by atoms with E-state index in [1.807, 2.05) is 0 Å². The molecule has 1 aromatic heterocycles. The molecule has 7 nitrogen and oxygen atoms in total. The van der Waals surface area contributed by atoms with Crippen LogP contribution >= 0.6 is 0 Å². The highest BCUT2D eigenvalue weighted by Gasteiger charge is 2.08. The molecule has 0 aliphatic rings. The average Bonchev–Trinajstić information content (AvgIpc) is 2.52. The minimum absolute atomic E-state index is 0.0152. The van der Waals surface area contributed by atoms with Gasteiger partial charge in [-0.15, -0.1) is 0 Å². The van der Waals surface area contributed by atoms with Gasteiger partial charge in [0.15, 0.2) is 11.3 Å². The first-order chi connectivity index (χ1) is 10.1. The zero-order valence-corrected chi connectivity index (χ0v) is 11.0. The van der Waals surface area contributed by atoms with Gasteiger partial charge in [-0.1, -0.05) is 29.4 Å². The van der Waals surface area contributed by atoms with Gasteiger partial charge in [0.1, 0.15) is 5.56 Å². The number of pyridine rings is 1. The van der Waals surface area contributed by atoms with Gasteiger partial charge in [0.05, 0.1) is 0 Å². The van der Waals surface area contributed by atoms with E-state index in [1.165, 1.54) is 18.5 Å². The summed E-state index contributed by atoms with van der Waals surface area (Å²) in [6.07, 6.45) is 2.82. The van der Waals surface area contributed by atoms with Gasteiger partial charge in [-0.2, -0.15) is 0 Å². The van der Waals surface area contributed by atoms with Crippen molar-refractivity contribution in [2.24, 2.45) is 10.9 Å². The number of aromatic amines is 1. The highest BCUT2D eigenvalue weighted by Crippen LogP contribution is 2.04. The Morgan fingerprint density at radius 2 is 2.00 bits per heavy atom. The lowest BCUT2D eigenvalue weighted by molar-refractivity contribution is 0.0949. The standard InChI is InChI=1S/C14H14N4O3/c15-13(18-21)10-3-1-9(2-4-10)7-17-14(20)11-8-16-6-5-12(11)19/h1-6,8,21H,7H2,(H2,15,18)(H,16,19)(H,17,20). The Morgan fingerprint density at radius 3 is 2.62 bits per heavy atom. The number of aromatic nitrogens is 1. The SMILES string of the molecule is N/C(=N/O)c1ccc(CNC(=O)c2c[nH]ccc2=O)cc1. The number of carbonyl (C=O) groups excluding carboxylic acids is 1. The van der Waals surface area contributed by atoms with Crippen LogP contribution in [0, 0.1) is 0 Å². The number of H-pyrrole nitrogens is 1. The zero-order chi connectivity index (χ0) is 15.2. The molecule has 0 bridgehead atoms. The maximum Gasteiger partial charge on any atom is 0.257 e. The molecule has 1 heterocycles. The summed E-state index contributed by atoms with van der Waals surface area (Å²) < 4.78 is 0. The van der Waals surface area contributed by atoms with Crippen molar-refractivity contribution in [2.75, 3.05) is 0 Å². The first-order valence-electron chi connectivity index (χ1n) is 6.14. The van der Waals surface area contributed by atoms with Crippen LogP contribution in [0.5, 0.6) is 0 Å². The number of hydrogen-bond donors (Lipinski definition) is 4. The number of oxime groups is 1. The number of amides is 1. The molecular weight excluding hydrogens is 272 g/mol. The lowest BCUT2D eigenvalue weighted by atomic mass is 10.1. The molecule has 108 valence electrons. The number of nitrogens with zero attached hydrogens (tertiary/aromatic N) is 1. The minimum atomic E-state index is -0.447. The lowest BCUT2D eigenvalue weighted by Crippen LogP contribution is -2.28. The normalized spacial score (nSPS) is 11.1. The van der Waals surface area contributed by atoms with Crippen molar-refractivity contribution >= 4 is 11.7 Å². The summed E-state index contributed by atoms with van der Waals surface area (Å²) in [6.45, 7) is 0.267. The first kappa shape index (κ1) is 14.3. The summed E-state index contributed by atoms with van der Waals surface area (Å²) in [4.78, 5) is 26.0. The van der Waals surface area contributed by atoms with Crippen LogP contribution in [0.1, 0.15) is 21.5 Å². The molecule has 1 aromatic carbocycles. The van der Waals surface area contributed by atoms with Crippen molar-refractivity contribution in [2.45, 2.75) is 6.54 Å². The van der Waals surface area contributed by atoms with Crippen LogP contribution in [0.15, 0.2) is 52.7 Å². The van der Waals surface area contributed by atoms with Gasteiger partial charge >= 0.3 is 0 Å². The molecule has 0 fully saturated rings. The summed E-state index contributed by atoms with van der Waals surface area (Å²) in [5.74, 6) is -0.432. The topological polar surface area (TPSA) is 121 Å². The van der Waals surface area contributed by atoms with E-state index < -0.39 is 5.91 Å². The summed E-state index contributed by atoms with van der Waals surface area (Å²) in [5, 5.41) is 14.1. The number of nitrogens with two attached hydrogens (primary N) is 1. The molecule has 0 aliphatic heterocycles. The number of rotatable bonds is 4. The number of carbonyl (C=O) groups is 1. The summed E-state index contributed by atoms with van der Waals surface area (Å²) in [5.41, 5.74) is 6.57. The van der Waals surface area contributed by atoms with E-state index in [2.05, 4.69) is 15.5 Å². The summed E-state index contributed by atoms with van der Waals surface area (Å²) >= 11 is 0. The number of benzene rings is 1. The molecule has 0 aliphatic carbocycles. The molecule has 21 heavy (non-hydrogen) atoms. The van der Waals surface area contributed by atoms with E-state index in [-0.39, 0.29) is 23.4 Å². The highest BCUT2D eigenvalue weighted by molar-refractivity contribution is 5.97. The Morgan fingerprint density at radius 1 is 1.29 bits per heavy atom. The summed E-state index contributed by atoms with van der Waals surface area (Å²) in [7, 11) is 0. The van der Waals surface area contributed by atoms with Crippen LogP contribution in [0.3, 0.4) is 0 Å². The fourth-order valence-electron chi connectivity index (χ4n) is 1.72. The molecular formula is C14H14N4O3. The van der Waals surface area contributed by atoms with E-state index in [9.17, 15) is 9.59 Å². The molecule has 0 spiro atoms. The van der Waals surface area contributed by atoms with Crippen LogP contribution < -0.4 is 16.5 Å². The van der Waals surface area contributed by atoms with E-state index >= 15 is 0 Å². The largest absolute Gasteiger partial charge is 0.409 e. The van der Waals surface area contributed by atoms with Crippen molar-refractivity contribution in [3.05, 3.63) is 69.6 Å². The predicted molar refractivity (Wildman–Crippen MR) is 77.2 cm³/mol. The molecule has 0 saturated heterocycles. The molecule has 0 radical (unpaired) electrons. The average molecular weight is 286 g/mol. The minimum Gasteiger partial charge on any atom is -0.409 e. The molecule has 7 heteroatoms.